The number of ether oxygens (including phenoxy) is 2. The SMILES string of the molecule is COC(=O)C1=NOC2(N3CCOCC3)CCCC12. The van der Waals surface area contributed by atoms with Crippen LogP contribution in [0.3, 0.4) is 0 Å². The molecule has 100 valence electrons. The first-order chi connectivity index (χ1) is 8.78. The van der Waals surface area contributed by atoms with Gasteiger partial charge in [-0.15, -0.1) is 0 Å². The fourth-order valence-corrected chi connectivity index (χ4v) is 3.27. The second-order valence-corrected chi connectivity index (χ2v) is 4.95. The van der Waals surface area contributed by atoms with E-state index in [4.69, 9.17) is 14.3 Å². The standard InChI is InChI=1S/C12H18N2O4/c1-16-11(15)10-9-3-2-4-12(9,18-13-10)14-5-7-17-8-6-14/h9H,2-8H2,1H3. The second kappa shape index (κ2) is 4.51. The van der Waals surface area contributed by atoms with Gasteiger partial charge < -0.3 is 14.3 Å². The molecule has 3 aliphatic rings. The molecule has 0 aromatic carbocycles. The average molecular weight is 254 g/mol. The Kier molecular flexibility index (Phi) is 2.99. The van der Waals surface area contributed by atoms with Crippen LogP contribution in [0.4, 0.5) is 0 Å². The van der Waals surface area contributed by atoms with Crippen LogP contribution in [0.25, 0.3) is 0 Å². The zero-order valence-corrected chi connectivity index (χ0v) is 10.6. The zero-order chi connectivity index (χ0) is 12.6. The number of nitrogens with zero attached hydrogens (tertiary/aromatic N) is 2. The number of morpholine rings is 1. The van der Waals surface area contributed by atoms with Crippen molar-refractivity contribution in [2.45, 2.75) is 25.0 Å². The molecule has 0 spiro atoms. The summed E-state index contributed by atoms with van der Waals surface area (Å²) in [5.74, 6) is -0.319. The number of methoxy groups -OCH3 is 1. The topological polar surface area (TPSA) is 60.4 Å². The summed E-state index contributed by atoms with van der Waals surface area (Å²) in [5.41, 5.74) is 0.0225. The maximum atomic E-state index is 11.7. The molecule has 2 unspecified atom stereocenters. The number of hydrogen-bond donors (Lipinski definition) is 0. The molecular weight excluding hydrogens is 236 g/mol. The summed E-state index contributed by atoms with van der Waals surface area (Å²) in [6.45, 7) is 3.09. The summed E-state index contributed by atoms with van der Waals surface area (Å²) in [6.07, 6.45) is 2.91. The Morgan fingerprint density at radius 3 is 3.00 bits per heavy atom. The van der Waals surface area contributed by atoms with Crippen LogP contribution in [-0.2, 0) is 19.1 Å². The highest BCUT2D eigenvalue weighted by atomic mass is 16.7. The minimum atomic E-state index is -0.423. The summed E-state index contributed by atoms with van der Waals surface area (Å²) < 4.78 is 10.2. The van der Waals surface area contributed by atoms with Gasteiger partial charge in [-0.2, -0.15) is 0 Å². The lowest BCUT2D eigenvalue weighted by Crippen LogP contribution is -2.56. The quantitative estimate of drug-likeness (QED) is 0.666. The lowest BCUT2D eigenvalue weighted by atomic mass is 9.93. The Morgan fingerprint density at radius 1 is 1.50 bits per heavy atom. The first-order valence-electron chi connectivity index (χ1n) is 6.45. The summed E-state index contributed by atoms with van der Waals surface area (Å²) >= 11 is 0. The molecule has 2 fully saturated rings. The van der Waals surface area contributed by atoms with Crippen molar-refractivity contribution in [2.24, 2.45) is 11.1 Å². The van der Waals surface area contributed by atoms with Crippen LogP contribution in [0.5, 0.6) is 0 Å². The van der Waals surface area contributed by atoms with Crippen LogP contribution < -0.4 is 0 Å². The van der Waals surface area contributed by atoms with E-state index >= 15 is 0 Å². The second-order valence-electron chi connectivity index (χ2n) is 4.95. The Hall–Kier alpha value is -1.14. The van der Waals surface area contributed by atoms with Gasteiger partial charge in [0, 0.05) is 19.5 Å². The van der Waals surface area contributed by atoms with Crippen LogP contribution in [-0.4, -0.2) is 55.7 Å². The third-order valence-corrected chi connectivity index (χ3v) is 4.15. The summed E-state index contributed by atoms with van der Waals surface area (Å²) in [6, 6.07) is 0. The Balaban J connectivity index is 1.82. The van der Waals surface area contributed by atoms with Crippen molar-refractivity contribution in [1.29, 1.82) is 0 Å². The van der Waals surface area contributed by atoms with Crippen molar-refractivity contribution >= 4 is 11.7 Å². The molecule has 6 heteroatoms. The van der Waals surface area contributed by atoms with Crippen LogP contribution in [0.2, 0.25) is 0 Å². The number of fused-ring (bicyclic) bond motifs is 1. The third-order valence-electron chi connectivity index (χ3n) is 4.15. The van der Waals surface area contributed by atoms with Crippen molar-refractivity contribution in [3.05, 3.63) is 0 Å². The molecular formula is C12H18N2O4. The van der Waals surface area contributed by atoms with Gasteiger partial charge in [0.25, 0.3) is 0 Å². The summed E-state index contributed by atoms with van der Waals surface area (Å²) in [7, 11) is 1.38. The highest BCUT2D eigenvalue weighted by molar-refractivity contribution is 6.37. The van der Waals surface area contributed by atoms with E-state index in [1.54, 1.807) is 0 Å². The molecule has 0 bridgehead atoms. The Labute approximate surface area is 106 Å². The first kappa shape index (κ1) is 11.9. The van der Waals surface area contributed by atoms with Gasteiger partial charge in [0.05, 0.1) is 26.2 Å². The Morgan fingerprint density at radius 2 is 2.28 bits per heavy atom. The largest absolute Gasteiger partial charge is 0.464 e. The van der Waals surface area contributed by atoms with E-state index in [-0.39, 0.29) is 11.9 Å². The Bertz CT molecular complexity index is 378. The molecule has 2 heterocycles. The molecule has 2 aliphatic heterocycles. The lowest BCUT2D eigenvalue weighted by molar-refractivity contribution is -0.173. The molecule has 3 rings (SSSR count). The molecule has 18 heavy (non-hydrogen) atoms. The molecule has 1 aliphatic carbocycles. The van der Waals surface area contributed by atoms with Crippen molar-refractivity contribution < 1.29 is 19.1 Å². The minimum absolute atomic E-state index is 0.0445. The monoisotopic (exact) mass is 254 g/mol. The van der Waals surface area contributed by atoms with E-state index in [9.17, 15) is 4.79 Å². The third kappa shape index (κ3) is 1.63. The minimum Gasteiger partial charge on any atom is -0.464 e. The van der Waals surface area contributed by atoms with Crippen LogP contribution in [0.1, 0.15) is 19.3 Å². The van der Waals surface area contributed by atoms with Gasteiger partial charge in [-0.05, 0) is 12.8 Å². The van der Waals surface area contributed by atoms with Gasteiger partial charge in [0.15, 0.2) is 11.4 Å². The number of carbonyl (C=O) groups is 1. The van der Waals surface area contributed by atoms with Crippen LogP contribution >= 0.6 is 0 Å². The van der Waals surface area contributed by atoms with E-state index < -0.39 is 5.72 Å². The number of rotatable bonds is 2. The highest BCUT2D eigenvalue weighted by Gasteiger charge is 2.57. The average Bonchev–Trinajstić information content (AvgIpc) is 2.98. The van der Waals surface area contributed by atoms with Gasteiger partial charge in [-0.1, -0.05) is 5.16 Å². The van der Waals surface area contributed by atoms with Crippen molar-refractivity contribution in [3.8, 4) is 0 Å². The van der Waals surface area contributed by atoms with E-state index in [2.05, 4.69) is 10.1 Å². The normalized spacial score (nSPS) is 35.8. The van der Waals surface area contributed by atoms with Crippen molar-refractivity contribution in [1.82, 2.24) is 4.90 Å². The number of esters is 1. The fourth-order valence-electron chi connectivity index (χ4n) is 3.27. The van der Waals surface area contributed by atoms with Gasteiger partial charge >= 0.3 is 5.97 Å². The van der Waals surface area contributed by atoms with E-state index in [1.165, 1.54) is 7.11 Å². The predicted octanol–water partition coefficient (Wildman–Crippen LogP) is 0.374. The zero-order valence-electron chi connectivity index (χ0n) is 10.6. The molecule has 0 aromatic heterocycles. The van der Waals surface area contributed by atoms with Gasteiger partial charge in [0.2, 0.25) is 0 Å². The summed E-state index contributed by atoms with van der Waals surface area (Å²) in [4.78, 5) is 19.7. The maximum absolute atomic E-state index is 11.7. The van der Waals surface area contributed by atoms with E-state index in [0.29, 0.717) is 18.9 Å². The molecule has 2 atom stereocenters. The van der Waals surface area contributed by atoms with Gasteiger partial charge in [-0.25, -0.2) is 4.79 Å². The van der Waals surface area contributed by atoms with Crippen molar-refractivity contribution in [3.63, 3.8) is 0 Å². The summed E-state index contributed by atoms with van der Waals surface area (Å²) in [5, 5.41) is 4.00. The predicted molar refractivity (Wildman–Crippen MR) is 63.0 cm³/mol. The smallest absolute Gasteiger partial charge is 0.356 e. The molecule has 6 nitrogen and oxygen atoms in total. The molecule has 0 aromatic rings. The number of oxime groups is 1. The van der Waals surface area contributed by atoms with Crippen LogP contribution in [0.15, 0.2) is 5.16 Å². The molecule has 0 radical (unpaired) electrons. The fraction of sp³-hybridized carbons (Fsp3) is 0.833. The van der Waals surface area contributed by atoms with Gasteiger partial charge in [0.1, 0.15) is 0 Å². The highest BCUT2D eigenvalue weighted by Crippen LogP contribution is 2.46. The van der Waals surface area contributed by atoms with Crippen LogP contribution in [0, 0.1) is 5.92 Å². The van der Waals surface area contributed by atoms with E-state index in [0.717, 1.165) is 32.4 Å². The molecule has 1 saturated heterocycles. The first-order valence-corrected chi connectivity index (χ1v) is 6.45. The maximum Gasteiger partial charge on any atom is 0.356 e. The lowest BCUT2D eigenvalue weighted by Gasteiger charge is -2.40. The van der Waals surface area contributed by atoms with E-state index in [1.807, 2.05) is 0 Å². The van der Waals surface area contributed by atoms with Crippen molar-refractivity contribution in [2.75, 3.05) is 33.4 Å². The van der Waals surface area contributed by atoms with Gasteiger partial charge in [-0.3, -0.25) is 4.90 Å². The molecule has 1 saturated carbocycles. The molecule has 0 N–H and O–H groups in total. The number of hydrogen-bond acceptors (Lipinski definition) is 6. The number of carbonyl (C=O) groups excluding carboxylic acids is 1. The molecule has 0 amide bonds.